The van der Waals surface area contributed by atoms with Gasteiger partial charge < -0.3 is 30.3 Å². The van der Waals surface area contributed by atoms with Crippen LogP contribution in [0.4, 0.5) is 25.2 Å². The topological polar surface area (TPSA) is 169 Å². The average Bonchev–Trinajstić information content (AvgIpc) is 3.73. The second-order valence-electron chi connectivity index (χ2n) is 11.9. The number of hydrogen-bond acceptors (Lipinski definition) is 11. The van der Waals surface area contributed by atoms with Crippen molar-refractivity contribution in [3.05, 3.63) is 29.0 Å². The molecule has 0 unspecified atom stereocenters. The molecule has 17 heteroatoms. The summed E-state index contributed by atoms with van der Waals surface area (Å²) < 4.78 is 42.2. The third-order valence-corrected chi connectivity index (χ3v) is 8.78. The molecule has 3 aromatic rings. The number of nitrogens with zero attached hydrogens (tertiary/aromatic N) is 7. The van der Waals surface area contributed by atoms with E-state index < -0.39 is 23.3 Å². The third kappa shape index (κ3) is 5.50. The number of likely N-dealkylation sites (N-methyl/N-ethyl adjacent to an activating group) is 1. The molecule has 3 amide bonds. The van der Waals surface area contributed by atoms with Gasteiger partial charge in [0, 0.05) is 39.0 Å². The summed E-state index contributed by atoms with van der Waals surface area (Å²) >= 11 is 0. The summed E-state index contributed by atoms with van der Waals surface area (Å²) in [7, 11) is 1.66. The summed E-state index contributed by atoms with van der Waals surface area (Å²) in [5.74, 6) is -0.986. The van der Waals surface area contributed by atoms with Crippen molar-refractivity contribution < 1.29 is 32.6 Å². The molecule has 0 saturated carbocycles. The minimum absolute atomic E-state index is 0.0184. The van der Waals surface area contributed by atoms with E-state index in [9.17, 15) is 14.4 Å². The van der Waals surface area contributed by atoms with Crippen molar-refractivity contribution in [3.8, 4) is 5.88 Å². The average molecular weight is 627 g/mol. The van der Waals surface area contributed by atoms with E-state index in [1.165, 1.54) is 15.9 Å². The van der Waals surface area contributed by atoms with Crippen molar-refractivity contribution in [1.29, 1.82) is 0 Å². The van der Waals surface area contributed by atoms with Gasteiger partial charge in [-0.1, -0.05) is 0 Å². The number of likely N-dealkylation sites (tertiary alicyclic amines) is 1. The van der Waals surface area contributed by atoms with Gasteiger partial charge in [0.25, 0.3) is 11.8 Å². The molecule has 2 fully saturated rings. The van der Waals surface area contributed by atoms with E-state index >= 15 is 8.78 Å². The van der Waals surface area contributed by atoms with E-state index in [1.807, 2.05) is 0 Å². The molecule has 238 valence electrons. The Morgan fingerprint density at radius 3 is 2.53 bits per heavy atom. The number of piperidine rings is 1. The van der Waals surface area contributed by atoms with Gasteiger partial charge in [0.1, 0.15) is 5.60 Å². The number of hydrogen-bond donors (Lipinski definition) is 3. The quantitative estimate of drug-likeness (QED) is 0.316. The predicted octanol–water partition coefficient (Wildman–Crippen LogP) is 0.372. The first-order valence-corrected chi connectivity index (χ1v) is 14.9. The van der Waals surface area contributed by atoms with Gasteiger partial charge >= 0.3 is 6.09 Å². The number of ether oxygens (including phenoxy) is 2. The molecule has 0 bridgehead atoms. The highest BCUT2D eigenvalue weighted by atomic mass is 19.1. The second kappa shape index (κ2) is 11.4. The lowest BCUT2D eigenvalue weighted by Crippen LogP contribution is -2.48. The molecule has 2 aromatic heterocycles. The number of amides is 3. The van der Waals surface area contributed by atoms with Crippen LogP contribution in [0.3, 0.4) is 0 Å². The van der Waals surface area contributed by atoms with Crippen LogP contribution in [0.15, 0.2) is 6.20 Å². The highest BCUT2D eigenvalue weighted by molar-refractivity contribution is 5.95. The first-order chi connectivity index (χ1) is 21.7. The Labute approximate surface area is 255 Å². The molecule has 1 aromatic carbocycles. The summed E-state index contributed by atoms with van der Waals surface area (Å²) in [6, 6.07) is 0. The van der Waals surface area contributed by atoms with Crippen LogP contribution in [0.5, 0.6) is 5.88 Å². The molecule has 1 aliphatic carbocycles. The fourth-order valence-electron chi connectivity index (χ4n) is 6.57. The summed E-state index contributed by atoms with van der Waals surface area (Å²) in [5, 5.41) is 16.4. The summed E-state index contributed by atoms with van der Waals surface area (Å²) in [4.78, 5) is 49.5. The van der Waals surface area contributed by atoms with Crippen LogP contribution in [-0.4, -0.2) is 106 Å². The summed E-state index contributed by atoms with van der Waals surface area (Å²) in [5.41, 5.74) is -0.186. The largest absolute Gasteiger partial charge is 0.465 e. The Balaban J connectivity index is 0.957. The fourth-order valence-corrected chi connectivity index (χ4v) is 6.57. The number of carbonyl (C=O) groups excluding carboxylic acids is 3. The van der Waals surface area contributed by atoms with Crippen molar-refractivity contribution in [2.75, 3.05) is 63.1 Å². The Hall–Kier alpha value is -4.51. The zero-order chi connectivity index (χ0) is 31.3. The Morgan fingerprint density at radius 1 is 1.13 bits per heavy atom. The van der Waals surface area contributed by atoms with Crippen LogP contribution in [0, 0.1) is 17.6 Å². The molecule has 3 N–H and O–H groups in total. The van der Waals surface area contributed by atoms with Crippen molar-refractivity contribution in [3.63, 3.8) is 0 Å². The van der Waals surface area contributed by atoms with E-state index in [-0.39, 0.29) is 72.5 Å². The number of fused-ring (bicyclic) bond motifs is 3. The van der Waals surface area contributed by atoms with Crippen LogP contribution in [0.2, 0.25) is 0 Å². The summed E-state index contributed by atoms with van der Waals surface area (Å²) in [6.45, 7) is 2.70. The molecule has 5 heterocycles. The standard InChI is InChI=1S/C28H32F2N10O5/c1-31-11-19(41)32-4-7-40-36-23-21(29)16-8-15(9-17(16)22(30)24(23)37-40)12-38-5-2-28(3-6-38)14-39(27(43)45-28)18-10-33-26-25(34-18)35-20(42)13-44-26/h10,15,31H,2-9,11-14H2,1H3,(H,32,41)(H,34,35,42). The van der Waals surface area contributed by atoms with Gasteiger partial charge in [-0.15, -0.1) is 0 Å². The van der Waals surface area contributed by atoms with E-state index in [2.05, 4.69) is 41.0 Å². The predicted molar refractivity (Wildman–Crippen MR) is 154 cm³/mol. The molecule has 45 heavy (non-hydrogen) atoms. The number of benzene rings is 1. The number of nitrogens with one attached hydrogen (secondary N) is 3. The normalized spacial score (nSPS) is 19.4. The van der Waals surface area contributed by atoms with Gasteiger partial charge in [-0.05, 0) is 36.9 Å². The molecular formula is C28H32F2N10O5. The lowest BCUT2D eigenvalue weighted by Gasteiger charge is -2.38. The number of rotatable bonds is 8. The first kappa shape index (κ1) is 29.2. The van der Waals surface area contributed by atoms with Crippen LogP contribution >= 0.6 is 0 Å². The molecule has 7 rings (SSSR count). The lowest BCUT2D eigenvalue weighted by atomic mass is 9.90. The Kier molecular flexibility index (Phi) is 7.43. The van der Waals surface area contributed by atoms with Gasteiger partial charge in [0.2, 0.25) is 5.91 Å². The van der Waals surface area contributed by atoms with Crippen LogP contribution < -0.4 is 25.6 Å². The molecule has 0 radical (unpaired) electrons. The van der Waals surface area contributed by atoms with Crippen molar-refractivity contribution in [2.45, 2.75) is 37.8 Å². The molecule has 4 aliphatic rings. The van der Waals surface area contributed by atoms with Crippen LogP contribution in [0.25, 0.3) is 11.0 Å². The van der Waals surface area contributed by atoms with Crippen molar-refractivity contribution >= 4 is 40.6 Å². The number of carbonyl (C=O) groups is 3. The zero-order valence-corrected chi connectivity index (χ0v) is 24.6. The monoisotopic (exact) mass is 626 g/mol. The van der Waals surface area contributed by atoms with E-state index in [1.54, 1.807) is 7.05 Å². The minimum atomic E-state index is -0.687. The Bertz CT molecular complexity index is 1640. The molecule has 0 atom stereocenters. The van der Waals surface area contributed by atoms with Crippen molar-refractivity contribution in [1.82, 2.24) is 40.5 Å². The van der Waals surface area contributed by atoms with E-state index in [0.717, 1.165) is 0 Å². The molecule has 2 saturated heterocycles. The van der Waals surface area contributed by atoms with Crippen LogP contribution in [0.1, 0.15) is 24.0 Å². The van der Waals surface area contributed by atoms with E-state index in [4.69, 9.17) is 9.47 Å². The highest BCUT2D eigenvalue weighted by Gasteiger charge is 2.48. The second-order valence-corrected chi connectivity index (χ2v) is 11.9. The molecule has 1 spiro atoms. The molecule has 15 nitrogen and oxygen atoms in total. The molecule has 3 aliphatic heterocycles. The van der Waals surface area contributed by atoms with Gasteiger partial charge in [0.15, 0.2) is 40.9 Å². The Morgan fingerprint density at radius 2 is 1.84 bits per heavy atom. The lowest BCUT2D eigenvalue weighted by molar-refractivity contribution is -0.120. The maximum Gasteiger partial charge on any atom is 0.416 e. The van der Waals surface area contributed by atoms with Gasteiger partial charge in [0.05, 0.1) is 25.8 Å². The minimum Gasteiger partial charge on any atom is -0.465 e. The van der Waals surface area contributed by atoms with E-state index in [0.29, 0.717) is 63.0 Å². The maximum atomic E-state index is 15.5. The summed E-state index contributed by atoms with van der Waals surface area (Å²) in [6.07, 6.45) is 2.85. The van der Waals surface area contributed by atoms with Gasteiger partial charge in [-0.2, -0.15) is 15.0 Å². The van der Waals surface area contributed by atoms with Gasteiger partial charge in [-0.25, -0.2) is 23.5 Å². The first-order valence-electron chi connectivity index (χ1n) is 14.9. The zero-order valence-electron chi connectivity index (χ0n) is 24.6. The number of aromatic nitrogens is 5. The molecular weight excluding hydrogens is 594 g/mol. The smallest absolute Gasteiger partial charge is 0.416 e. The number of anilines is 2. The SMILES string of the molecule is CNCC(=O)NCCn1nc2c(F)c3c(c(F)c2n1)CC(CN1CCC2(CC1)CN(c1cnc4c(n1)NC(=O)CO4)C(=O)O2)C3. The van der Waals surface area contributed by atoms with Gasteiger partial charge in [-0.3, -0.25) is 14.5 Å². The maximum absolute atomic E-state index is 15.5. The third-order valence-electron chi connectivity index (χ3n) is 8.78. The fraction of sp³-hybridized carbons (Fsp3) is 0.536. The van der Waals surface area contributed by atoms with Crippen molar-refractivity contribution in [2.24, 2.45) is 5.92 Å². The highest BCUT2D eigenvalue weighted by Crippen LogP contribution is 2.39. The number of halogens is 2. The van der Waals surface area contributed by atoms with Crippen LogP contribution in [-0.2, 0) is 33.7 Å².